The lowest BCUT2D eigenvalue weighted by atomic mass is 9.99. The molecule has 1 saturated heterocycles. The largest absolute Gasteiger partial charge is 0.371 e. The average Bonchev–Trinajstić information content (AvgIpc) is 2.74. The lowest BCUT2D eigenvalue weighted by molar-refractivity contribution is 0.0939. The predicted molar refractivity (Wildman–Crippen MR) is 116 cm³/mol. The Morgan fingerprint density at radius 2 is 1.90 bits per heavy atom. The van der Waals surface area contributed by atoms with Gasteiger partial charge in [-0.05, 0) is 68.6 Å². The summed E-state index contributed by atoms with van der Waals surface area (Å²) in [4.78, 5) is 15.1. The van der Waals surface area contributed by atoms with E-state index in [2.05, 4.69) is 34.0 Å². The van der Waals surface area contributed by atoms with Gasteiger partial charge in [0.2, 0.25) is 10.0 Å². The molecule has 2 aromatic rings. The van der Waals surface area contributed by atoms with Gasteiger partial charge in [-0.1, -0.05) is 25.1 Å². The molecule has 1 fully saturated rings. The number of carbonyl (C=O) groups is 1. The zero-order valence-electron chi connectivity index (χ0n) is 17.2. The number of sulfonamides is 1. The fraction of sp³-hybridized carbons (Fsp3) is 0.409. The maximum atomic E-state index is 12.6. The number of nitrogens with zero attached hydrogens (tertiary/aromatic N) is 1. The molecule has 3 rings (SSSR count). The summed E-state index contributed by atoms with van der Waals surface area (Å²) in [5.41, 5.74) is 2.53. The van der Waals surface area contributed by atoms with Gasteiger partial charge in [0, 0.05) is 24.3 Å². The Bertz CT molecular complexity index is 958. The summed E-state index contributed by atoms with van der Waals surface area (Å²) in [7, 11) is -2.24. The molecule has 0 bridgehead atoms. The van der Waals surface area contributed by atoms with Crippen LogP contribution in [0, 0.1) is 5.92 Å². The highest BCUT2D eigenvalue weighted by atomic mass is 32.2. The Kier molecular flexibility index (Phi) is 6.59. The number of rotatable bonds is 6. The molecule has 1 aliphatic heterocycles. The van der Waals surface area contributed by atoms with Crippen molar-refractivity contribution in [2.24, 2.45) is 5.92 Å². The molecule has 6 nitrogen and oxygen atoms in total. The van der Waals surface area contributed by atoms with Crippen LogP contribution in [0.2, 0.25) is 0 Å². The van der Waals surface area contributed by atoms with Gasteiger partial charge < -0.3 is 10.2 Å². The second-order valence-corrected chi connectivity index (χ2v) is 9.60. The molecule has 7 heteroatoms. The summed E-state index contributed by atoms with van der Waals surface area (Å²) in [6.45, 7) is 6.37. The lowest BCUT2D eigenvalue weighted by Crippen LogP contribution is -2.34. The summed E-state index contributed by atoms with van der Waals surface area (Å²) in [5.74, 6) is 0.406. The second-order valence-electron chi connectivity index (χ2n) is 7.72. The highest BCUT2D eigenvalue weighted by molar-refractivity contribution is 7.89. The molecule has 0 unspecified atom stereocenters. The average molecular weight is 416 g/mol. The molecule has 2 atom stereocenters. The molecule has 0 saturated carbocycles. The van der Waals surface area contributed by atoms with Gasteiger partial charge in [0.25, 0.3) is 5.91 Å². The molecule has 2 aromatic carbocycles. The van der Waals surface area contributed by atoms with Gasteiger partial charge in [-0.2, -0.15) is 0 Å². The first-order chi connectivity index (χ1) is 13.8. The molecule has 0 spiro atoms. The maximum absolute atomic E-state index is 12.6. The molecule has 0 radical (unpaired) electrons. The molecule has 1 amide bonds. The standard InChI is InChI=1S/C22H29N3O3S/c1-16-6-5-13-25(15-16)20-11-9-18(10-12-20)17(2)24-22(26)19-7-4-8-21(14-19)29(27,28)23-3/h4,7-12,14,16-17,23H,5-6,13,15H2,1-3H3,(H,24,26)/t16-,17+/m0/s1. The zero-order chi connectivity index (χ0) is 21.0. The van der Waals surface area contributed by atoms with E-state index in [1.165, 1.54) is 37.7 Å². The smallest absolute Gasteiger partial charge is 0.251 e. The van der Waals surface area contributed by atoms with Crippen LogP contribution in [0.25, 0.3) is 0 Å². The van der Waals surface area contributed by atoms with E-state index in [9.17, 15) is 13.2 Å². The highest BCUT2D eigenvalue weighted by Gasteiger charge is 2.18. The number of benzene rings is 2. The maximum Gasteiger partial charge on any atom is 0.251 e. The summed E-state index contributed by atoms with van der Waals surface area (Å²) >= 11 is 0. The number of hydrogen-bond donors (Lipinski definition) is 2. The van der Waals surface area contributed by atoms with E-state index in [4.69, 9.17) is 0 Å². The third kappa shape index (κ3) is 5.16. The number of amides is 1. The summed E-state index contributed by atoms with van der Waals surface area (Å²) in [6.07, 6.45) is 2.51. The number of hydrogen-bond acceptors (Lipinski definition) is 4. The van der Waals surface area contributed by atoms with Crippen LogP contribution < -0.4 is 14.9 Å². The molecule has 0 aliphatic carbocycles. The van der Waals surface area contributed by atoms with Crippen LogP contribution in [-0.2, 0) is 10.0 Å². The third-order valence-electron chi connectivity index (χ3n) is 5.44. The predicted octanol–water partition coefficient (Wildman–Crippen LogP) is 3.32. The quantitative estimate of drug-likeness (QED) is 0.759. The first-order valence-corrected chi connectivity index (χ1v) is 11.5. The van der Waals surface area contributed by atoms with Crippen LogP contribution in [0.3, 0.4) is 0 Å². The van der Waals surface area contributed by atoms with Crippen LogP contribution in [-0.4, -0.2) is 34.5 Å². The van der Waals surface area contributed by atoms with Crippen LogP contribution in [0.4, 0.5) is 5.69 Å². The van der Waals surface area contributed by atoms with Crippen molar-refractivity contribution in [1.29, 1.82) is 0 Å². The third-order valence-corrected chi connectivity index (χ3v) is 6.85. The first-order valence-electron chi connectivity index (χ1n) is 9.99. The van der Waals surface area contributed by atoms with Crippen molar-refractivity contribution in [2.75, 3.05) is 25.0 Å². The Labute approximate surface area is 173 Å². The van der Waals surface area contributed by atoms with Crippen LogP contribution in [0.15, 0.2) is 53.4 Å². The number of anilines is 1. The highest BCUT2D eigenvalue weighted by Crippen LogP contribution is 2.25. The van der Waals surface area contributed by atoms with E-state index >= 15 is 0 Å². The molecule has 0 aromatic heterocycles. The number of carbonyl (C=O) groups excluding carboxylic acids is 1. The van der Waals surface area contributed by atoms with Crippen molar-refractivity contribution in [3.05, 3.63) is 59.7 Å². The molecular formula is C22H29N3O3S. The SMILES string of the molecule is CNS(=O)(=O)c1cccc(C(=O)N[C@H](C)c2ccc(N3CCC[C@H](C)C3)cc2)c1. The van der Waals surface area contributed by atoms with Crippen molar-refractivity contribution in [3.8, 4) is 0 Å². The van der Waals surface area contributed by atoms with Crippen LogP contribution in [0.1, 0.15) is 48.7 Å². The fourth-order valence-corrected chi connectivity index (χ4v) is 4.46. The summed E-state index contributed by atoms with van der Waals surface area (Å²) < 4.78 is 26.2. The second kappa shape index (κ2) is 8.97. The summed E-state index contributed by atoms with van der Waals surface area (Å²) in [6, 6.07) is 14.1. The van der Waals surface area contributed by atoms with Crippen molar-refractivity contribution in [3.63, 3.8) is 0 Å². The zero-order valence-corrected chi connectivity index (χ0v) is 18.0. The van der Waals surface area contributed by atoms with E-state index < -0.39 is 10.0 Å². The van der Waals surface area contributed by atoms with Crippen molar-refractivity contribution in [1.82, 2.24) is 10.0 Å². The van der Waals surface area contributed by atoms with E-state index in [-0.39, 0.29) is 16.8 Å². The van der Waals surface area contributed by atoms with Gasteiger partial charge in [-0.25, -0.2) is 13.1 Å². The lowest BCUT2D eigenvalue weighted by Gasteiger charge is -2.33. The van der Waals surface area contributed by atoms with E-state index in [0.29, 0.717) is 11.5 Å². The normalized spacial score (nSPS) is 18.3. The minimum atomic E-state index is -3.59. The Morgan fingerprint density at radius 1 is 1.17 bits per heavy atom. The van der Waals surface area contributed by atoms with Crippen molar-refractivity contribution < 1.29 is 13.2 Å². The molecule has 1 heterocycles. The Balaban J connectivity index is 1.68. The minimum absolute atomic E-state index is 0.0698. The summed E-state index contributed by atoms with van der Waals surface area (Å²) in [5, 5.41) is 2.95. The van der Waals surface area contributed by atoms with Gasteiger partial charge >= 0.3 is 0 Å². The van der Waals surface area contributed by atoms with Gasteiger partial charge in [-0.15, -0.1) is 0 Å². The minimum Gasteiger partial charge on any atom is -0.371 e. The molecule has 1 aliphatic rings. The van der Waals surface area contributed by atoms with Gasteiger partial charge in [0.1, 0.15) is 0 Å². The van der Waals surface area contributed by atoms with Crippen molar-refractivity contribution >= 4 is 21.6 Å². The Hall–Kier alpha value is -2.38. The first kappa shape index (κ1) is 21.3. The fourth-order valence-electron chi connectivity index (χ4n) is 3.68. The number of piperidine rings is 1. The molecule has 29 heavy (non-hydrogen) atoms. The van der Waals surface area contributed by atoms with E-state index in [1.807, 2.05) is 19.1 Å². The van der Waals surface area contributed by atoms with Crippen LogP contribution in [0.5, 0.6) is 0 Å². The van der Waals surface area contributed by atoms with Crippen molar-refractivity contribution in [2.45, 2.75) is 37.6 Å². The molecule has 156 valence electrons. The Morgan fingerprint density at radius 3 is 2.55 bits per heavy atom. The molecule has 2 N–H and O–H groups in total. The monoisotopic (exact) mass is 415 g/mol. The van der Waals surface area contributed by atoms with Gasteiger partial charge in [0.05, 0.1) is 10.9 Å². The van der Waals surface area contributed by atoms with E-state index in [0.717, 1.165) is 18.7 Å². The molecular weight excluding hydrogens is 386 g/mol. The van der Waals surface area contributed by atoms with Gasteiger partial charge in [-0.3, -0.25) is 4.79 Å². The van der Waals surface area contributed by atoms with Gasteiger partial charge in [0.15, 0.2) is 0 Å². The number of nitrogens with one attached hydrogen (secondary N) is 2. The van der Waals surface area contributed by atoms with Crippen LogP contribution >= 0.6 is 0 Å². The topological polar surface area (TPSA) is 78.5 Å². The van der Waals surface area contributed by atoms with E-state index in [1.54, 1.807) is 12.1 Å².